The zero-order valence-corrected chi connectivity index (χ0v) is 10.0. The molecule has 0 aliphatic carbocycles. The lowest BCUT2D eigenvalue weighted by molar-refractivity contribution is 0.124. The molecule has 2 N–H and O–H groups in total. The van der Waals surface area contributed by atoms with Gasteiger partial charge in [0.15, 0.2) is 5.75 Å². The second-order valence-corrected chi connectivity index (χ2v) is 4.52. The van der Waals surface area contributed by atoms with E-state index in [9.17, 15) is 4.79 Å². The molecule has 1 heterocycles. The summed E-state index contributed by atoms with van der Waals surface area (Å²) in [6.45, 7) is 5.78. The minimum Gasteiger partial charge on any atom is -0.409 e. The molecule has 0 aliphatic heterocycles. The minimum absolute atomic E-state index is 0.279. The van der Waals surface area contributed by atoms with Gasteiger partial charge in [-0.25, -0.2) is 9.78 Å². The monoisotopic (exact) mass is 223 g/mol. The molecule has 0 radical (unpaired) electrons. The molecule has 0 saturated carbocycles. The van der Waals surface area contributed by atoms with Crippen LogP contribution >= 0.6 is 0 Å². The molecule has 1 aromatic heterocycles. The van der Waals surface area contributed by atoms with Crippen LogP contribution in [-0.2, 0) is 0 Å². The highest BCUT2D eigenvalue weighted by atomic mass is 16.6. The predicted molar refractivity (Wildman–Crippen MR) is 62.2 cm³/mol. The lowest BCUT2D eigenvalue weighted by Crippen LogP contribution is -2.44. The smallest absolute Gasteiger partial charge is 0.409 e. The third-order valence-electron chi connectivity index (χ3n) is 2.24. The summed E-state index contributed by atoms with van der Waals surface area (Å²) < 4.78 is 5.13. The summed E-state index contributed by atoms with van der Waals surface area (Å²) in [5, 5.41) is 0. The number of nitrogens with zero attached hydrogens (tertiary/aromatic N) is 2. The van der Waals surface area contributed by atoms with Gasteiger partial charge in [0, 0.05) is 12.6 Å². The number of hydrogen-bond donors (Lipinski definition) is 1. The first-order valence-corrected chi connectivity index (χ1v) is 4.98. The van der Waals surface area contributed by atoms with E-state index >= 15 is 0 Å². The maximum Gasteiger partial charge on any atom is 0.415 e. The molecule has 0 bridgehead atoms. The molecule has 1 amide bonds. The fourth-order valence-corrected chi connectivity index (χ4v) is 0.895. The number of nitrogen functional groups attached to an aromatic ring is 1. The zero-order valence-electron chi connectivity index (χ0n) is 10.0. The number of anilines is 1. The molecular weight excluding hydrogens is 206 g/mol. The molecular formula is C11H17N3O2. The van der Waals surface area contributed by atoms with E-state index in [1.54, 1.807) is 19.2 Å². The van der Waals surface area contributed by atoms with Crippen molar-refractivity contribution >= 4 is 11.9 Å². The number of hydrogen-bond acceptors (Lipinski definition) is 4. The molecule has 0 unspecified atom stereocenters. The van der Waals surface area contributed by atoms with Crippen molar-refractivity contribution in [1.29, 1.82) is 0 Å². The van der Waals surface area contributed by atoms with Crippen LogP contribution in [0.3, 0.4) is 0 Å². The highest BCUT2D eigenvalue weighted by Gasteiger charge is 2.23. The summed E-state index contributed by atoms with van der Waals surface area (Å²) >= 11 is 0. The maximum absolute atomic E-state index is 11.7. The average molecular weight is 223 g/mol. The summed E-state index contributed by atoms with van der Waals surface area (Å²) in [4.78, 5) is 17.0. The lowest BCUT2D eigenvalue weighted by atomic mass is 10.1. The first-order chi connectivity index (χ1) is 7.30. The number of amides is 1. The van der Waals surface area contributed by atoms with Crippen LogP contribution in [0.5, 0.6) is 5.75 Å². The first-order valence-electron chi connectivity index (χ1n) is 4.98. The van der Waals surface area contributed by atoms with Crippen molar-refractivity contribution in [2.24, 2.45) is 0 Å². The van der Waals surface area contributed by atoms with Gasteiger partial charge in [-0.15, -0.1) is 0 Å². The first kappa shape index (κ1) is 12.3. The van der Waals surface area contributed by atoms with Crippen molar-refractivity contribution < 1.29 is 9.53 Å². The van der Waals surface area contributed by atoms with E-state index in [2.05, 4.69) is 4.98 Å². The van der Waals surface area contributed by atoms with Crippen LogP contribution < -0.4 is 10.5 Å². The van der Waals surface area contributed by atoms with E-state index in [1.807, 2.05) is 20.8 Å². The van der Waals surface area contributed by atoms with Crippen molar-refractivity contribution in [2.75, 3.05) is 12.8 Å². The third kappa shape index (κ3) is 3.12. The molecule has 16 heavy (non-hydrogen) atoms. The second-order valence-electron chi connectivity index (χ2n) is 4.52. The summed E-state index contributed by atoms with van der Waals surface area (Å²) in [6.07, 6.45) is 1.00. The number of carbonyl (C=O) groups is 1. The van der Waals surface area contributed by atoms with Crippen molar-refractivity contribution in [2.45, 2.75) is 26.3 Å². The van der Waals surface area contributed by atoms with Crippen molar-refractivity contribution in [3.8, 4) is 5.75 Å². The average Bonchev–Trinajstić information content (AvgIpc) is 2.19. The number of ether oxygens (including phenoxy) is 1. The Bertz CT molecular complexity index is 368. The van der Waals surface area contributed by atoms with E-state index in [0.717, 1.165) is 0 Å². The largest absolute Gasteiger partial charge is 0.415 e. The number of carbonyl (C=O) groups excluding carboxylic acids is 1. The summed E-state index contributed by atoms with van der Waals surface area (Å²) in [5.74, 6) is 0.777. The fraction of sp³-hybridized carbons (Fsp3) is 0.455. The maximum atomic E-state index is 11.7. The SMILES string of the molecule is CN(C(=O)Oc1ccc(N)nc1)C(C)(C)C. The molecule has 5 nitrogen and oxygen atoms in total. The Labute approximate surface area is 95.2 Å². The molecule has 88 valence electrons. The molecule has 5 heteroatoms. The van der Waals surface area contributed by atoms with Gasteiger partial charge < -0.3 is 15.4 Å². The van der Waals surface area contributed by atoms with Gasteiger partial charge in [0.25, 0.3) is 0 Å². The summed E-state index contributed by atoms with van der Waals surface area (Å²) in [6, 6.07) is 3.19. The fourth-order valence-electron chi connectivity index (χ4n) is 0.895. The molecule has 1 rings (SSSR count). The van der Waals surface area contributed by atoms with E-state index in [-0.39, 0.29) is 5.54 Å². The standard InChI is InChI=1S/C11H17N3O2/c1-11(2,3)14(4)10(15)16-8-5-6-9(12)13-7-8/h5-7H,1-4H3,(H2,12,13). The number of nitrogens with two attached hydrogens (primary N) is 1. The van der Waals surface area contributed by atoms with E-state index in [1.165, 1.54) is 11.1 Å². The Morgan fingerprint density at radius 2 is 2.06 bits per heavy atom. The Kier molecular flexibility index (Phi) is 3.37. The molecule has 0 fully saturated rings. The molecule has 0 aromatic carbocycles. The van der Waals surface area contributed by atoms with Gasteiger partial charge in [0.2, 0.25) is 0 Å². The van der Waals surface area contributed by atoms with Gasteiger partial charge >= 0.3 is 6.09 Å². The van der Waals surface area contributed by atoms with E-state index in [4.69, 9.17) is 10.5 Å². The van der Waals surface area contributed by atoms with Crippen molar-refractivity contribution in [1.82, 2.24) is 9.88 Å². The van der Waals surface area contributed by atoms with Crippen molar-refractivity contribution in [3.63, 3.8) is 0 Å². The van der Waals surface area contributed by atoms with Gasteiger partial charge in [0.1, 0.15) is 5.82 Å². The van der Waals surface area contributed by atoms with Crippen molar-refractivity contribution in [3.05, 3.63) is 18.3 Å². The van der Waals surface area contributed by atoms with Gasteiger partial charge in [0.05, 0.1) is 6.20 Å². The number of aromatic nitrogens is 1. The lowest BCUT2D eigenvalue weighted by Gasteiger charge is -2.30. The Hall–Kier alpha value is -1.78. The van der Waals surface area contributed by atoms with Crippen LogP contribution in [0.4, 0.5) is 10.6 Å². The van der Waals surface area contributed by atoms with Gasteiger partial charge in [-0.2, -0.15) is 0 Å². The number of pyridine rings is 1. The topological polar surface area (TPSA) is 68.5 Å². The molecule has 1 aromatic rings. The Morgan fingerprint density at radius 3 is 2.50 bits per heavy atom. The quantitative estimate of drug-likeness (QED) is 0.789. The van der Waals surface area contributed by atoms with E-state index < -0.39 is 6.09 Å². The number of rotatable bonds is 1. The highest BCUT2D eigenvalue weighted by molar-refractivity contribution is 5.71. The minimum atomic E-state index is -0.418. The van der Waals surface area contributed by atoms with Crippen LogP contribution in [0.15, 0.2) is 18.3 Å². The third-order valence-corrected chi connectivity index (χ3v) is 2.24. The van der Waals surface area contributed by atoms with E-state index in [0.29, 0.717) is 11.6 Å². The van der Waals surface area contributed by atoms with Crippen LogP contribution in [0.25, 0.3) is 0 Å². The second kappa shape index (κ2) is 4.38. The van der Waals surface area contributed by atoms with Crippen LogP contribution in [0.1, 0.15) is 20.8 Å². The van der Waals surface area contributed by atoms with Crippen LogP contribution in [0, 0.1) is 0 Å². The highest BCUT2D eigenvalue weighted by Crippen LogP contribution is 2.15. The molecule has 0 saturated heterocycles. The van der Waals surface area contributed by atoms with Gasteiger partial charge in [-0.1, -0.05) is 0 Å². The van der Waals surface area contributed by atoms with Gasteiger partial charge in [-0.05, 0) is 32.9 Å². The summed E-state index contributed by atoms with van der Waals surface area (Å²) in [7, 11) is 1.69. The Balaban J connectivity index is 2.68. The molecule has 0 spiro atoms. The summed E-state index contributed by atoms with van der Waals surface area (Å²) in [5.41, 5.74) is 5.15. The van der Waals surface area contributed by atoms with Crippen LogP contribution in [-0.4, -0.2) is 28.6 Å². The zero-order chi connectivity index (χ0) is 12.3. The predicted octanol–water partition coefficient (Wildman–Crippen LogP) is 1.89. The normalized spacial score (nSPS) is 11.0. The van der Waals surface area contributed by atoms with Gasteiger partial charge in [-0.3, -0.25) is 0 Å². The molecule has 0 aliphatic rings. The molecule has 0 atom stereocenters. The van der Waals surface area contributed by atoms with Crippen LogP contribution in [0.2, 0.25) is 0 Å². The Morgan fingerprint density at radius 1 is 1.44 bits per heavy atom.